The number of carboxylic acid groups (broad SMARTS) is 1. The molecule has 0 radical (unpaired) electrons. The van der Waals surface area contributed by atoms with Crippen LogP contribution in [0, 0.1) is 0 Å². The summed E-state index contributed by atoms with van der Waals surface area (Å²) in [6.07, 6.45) is 0. The molecule has 1 aromatic carbocycles. The third-order valence-corrected chi connectivity index (χ3v) is 4.15. The molecule has 0 unspecified atom stereocenters. The van der Waals surface area contributed by atoms with Crippen LogP contribution >= 0.6 is 22.9 Å². The second-order valence-electron chi connectivity index (χ2n) is 4.10. The van der Waals surface area contributed by atoms with E-state index >= 15 is 0 Å². The average Bonchev–Trinajstić information content (AvgIpc) is 2.89. The van der Waals surface area contributed by atoms with Crippen LogP contribution in [0.2, 0.25) is 5.02 Å². The molecular weight excluding hydrogens is 298 g/mol. The highest BCUT2D eigenvalue weighted by Crippen LogP contribution is 2.26. The number of hydrogen-bond donors (Lipinski definition) is 2. The molecule has 2 rings (SSSR count). The van der Waals surface area contributed by atoms with Gasteiger partial charge in [0, 0.05) is 23.7 Å². The minimum absolute atomic E-state index is 0.364. The topological polar surface area (TPSA) is 58.6 Å². The summed E-state index contributed by atoms with van der Waals surface area (Å²) in [5, 5.41) is 14.6. The maximum Gasteiger partial charge on any atom is 0.346 e. The molecule has 0 aliphatic rings. The Balaban J connectivity index is 2.03. The molecule has 1 heterocycles. The molecule has 1 aromatic heterocycles. The van der Waals surface area contributed by atoms with E-state index in [-0.39, 0.29) is 0 Å². The average molecular weight is 312 g/mol. The first-order chi connectivity index (χ1) is 9.63. The molecule has 6 heteroatoms. The van der Waals surface area contributed by atoms with Gasteiger partial charge in [0.1, 0.15) is 10.6 Å². The quantitative estimate of drug-likeness (QED) is 0.858. The summed E-state index contributed by atoms with van der Waals surface area (Å²) >= 11 is 7.36. The Morgan fingerprint density at radius 3 is 2.90 bits per heavy atom. The van der Waals surface area contributed by atoms with E-state index in [1.165, 1.54) is 11.3 Å². The molecule has 0 amide bonds. The minimum atomic E-state index is -0.896. The van der Waals surface area contributed by atoms with Gasteiger partial charge < -0.3 is 15.2 Å². The second-order valence-corrected chi connectivity index (χ2v) is 5.43. The van der Waals surface area contributed by atoms with Crippen LogP contribution in [0.15, 0.2) is 29.6 Å². The highest BCUT2D eigenvalue weighted by molar-refractivity contribution is 7.12. The Labute approximate surface area is 126 Å². The van der Waals surface area contributed by atoms with Gasteiger partial charge in [-0.25, -0.2) is 4.79 Å². The first kappa shape index (κ1) is 14.8. The fourth-order valence-electron chi connectivity index (χ4n) is 1.89. The third kappa shape index (κ3) is 3.30. The van der Waals surface area contributed by atoms with Gasteiger partial charge in [-0.2, -0.15) is 0 Å². The molecule has 4 nitrogen and oxygen atoms in total. The van der Waals surface area contributed by atoms with Crippen LogP contribution in [-0.4, -0.2) is 18.2 Å². The van der Waals surface area contributed by atoms with Gasteiger partial charge in [0.05, 0.1) is 7.11 Å². The van der Waals surface area contributed by atoms with Gasteiger partial charge in [-0.15, -0.1) is 11.3 Å². The second kappa shape index (κ2) is 6.74. The number of nitrogens with one attached hydrogen (secondary N) is 1. The lowest BCUT2D eigenvalue weighted by Gasteiger charge is -2.11. The normalized spacial score (nSPS) is 10.5. The molecule has 0 spiro atoms. The summed E-state index contributed by atoms with van der Waals surface area (Å²) in [6.45, 7) is 0.983. The molecular formula is C14H14ClNO3S. The van der Waals surface area contributed by atoms with Crippen molar-refractivity contribution < 1.29 is 14.6 Å². The number of thiophene rings is 1. The van der Waals surface area contributed by atoms with E-state index in [9.17, 15) is 4.79 Å². The van der Waals surface area contributed by atoms with Crippen LogP contribution in [0.1, 0.15) is 20.8 Å². The Bertz CT molecular complexity index is 612. The van der Waals surface area contributed by atoms with Crippen molar-refractivity contribution in [2.24, 2.45) is 0 Å². The SMILES string of the molecule is COc1cccc(Cl)c1CNCc1ccsc1C(=O)O. The van der Waals surface area contributed by atoms with Crippen molar-refractivity contribution in [3.05, 3.63) is 50.7 Å². The van der Waals surface area contributed by atoms with Crippen molar-refractivity contribution in [1.29, 1.82) is 0 Å². The Kier molecular flexibility index (Phi) is 5.00. The number of aromatic carboxylic acids is 1. The van der Waals surface area contributed by atoms with Crippen LogP contribution in [0.4, 0.5) is 0 Å². The Morgan fingerprint density at radius 2 is 2.20 bits per heavy atom. The smallest absolute Gasteiger partial charge is 0.346 e. The van der Waals surface area contributed by atoms with Crippen molar-refractivity contribution >= 4 is 28.9 Å². The molecule has 0 saturated heterocycles. The van der Waals surface area contributed by atoms with Gasteiger partial charge in [-0.3, -0.25) is 0 Å². The van der Waals surface area contributed by atoms with Gasteiger partial charge in [-0.1, -0.05) is 17.7 Å². The fraction of sp³-hybridized carbons (Fsp3) is 0.214. The third-order valence-electron chi connectivity index (χ3n) is 2.85. The molecule has 20 heavy (non-hydrogen) atoms. The van der Waals surface area contributed by atoms with Gasteiger partial charge in [0.2, 0.25) is 0 Å². The van der Waals surface area contributed by atoms with E-state index in [1.807, 2.05) is 18.2 Å². The predicted molar refractivity (Wildman–Crippen MR) is 79.8 cm³/mol. The fourth-order valence-corrected chi connectivity index (χ4v) is 2.88. The molecule has 0 aliphatic carbocycles. The molecule has 0 aliphatic heterocycles. The van der Waals surface area contributed by atoms with Gasteiger partial charge in [0.25, 0.3) is 0 Å². The summed E-state index contributed by atoms with van der Waals surface area (Å²) in [4.78, 5) is 11.4. The number of rotatable bonds is 6. The summed E-state index contributed by atoms with van der Waals surface area (Å²) in [7, 11) is 1.59. The van der Waals surface area contributed by atoms with E-state index in [0.717, 1.165) is 11.1 Å². The highest BCUT2D eigenvalue weighted by Gasteiger charge is 2.12. The Hall–Kier alpha value is -1.56. The molecule has 2 aromatic rings. The summed E-state index contributed by atoms with van der Waals surface area (Å²) in [5.41, 5.74) is 1.64. The predicted octanol–water partition coefficient (Wildman–Crippen LogP) is 3.40. The number of methoxy groups -OCH3 is 1. The first-order valence-electron chi connectivity index (χ1n) is 5.95. The highest BCUT2D eigenvalue weighted by atomic mass is 35.5. The standard InChI is InChI=1S/C14H14ClNO3S/c1-19-12-4-2-3-11(15)10(12)8-16-7-9-5-6-20-13(9)14(17)18/h2-6,16H,7-8H2,1H3,(H,17,18). The van der Waals surface area contributed by atoms with E-state index in [4.69, 9.17) is 21.4 Å². The van der Waals surface area contributed by atoms with Crippen molar-refractivity contribution in [3.63, 3.8) is 0 Å². The first-order valence-corrected chi connectivity index (χ1v) is 7.21. The number of ether oxygens (including phenoxy) is 1. The summed E-state index contributed by atoms with van der Waals surface area (Å²) in [5.74, 6) is -0.180. The summed E-state index contributed by atoms with van der Waals surface area (Å²) < 4.78 is 5.26. The monoisotopic (exact) mass is 311 g/mol. The van der Waals surface area contributed by atoms with E-state index in [2.05, 4.69) is 5.32 Å². The maximum atomic E-state index is 11.0. The van der Waals surface area contributed by atoms with Gasteiger partial charge in [-0.05, 0) is 29.1 Å². The zero-order valence-corrected chi connectivity index (χ0v) is 12.4. The number of hydrogen-bond acceptors (Lipinski definition) is 4. The molecule has 0 atom stereocenters. The van der Waals surface area contributed by atoms with Crippen molar-refractivity contribution in [1.82, 2.24) is 5.32 Å². The molecule has 0 fully saturated rings. The lowest BCUT2D eigenvalue weighted by Crippen LogP contribution is -2.15. The number of halogens is 1. The number of benzene rings is 1. The zero-order chi connectivity index (χ0) is 14.5. The Morgan fingerprint density at radius 1 is 1.40 bits per heavy atom. The largest absolute Gasteiger partial charge is 0.496 e. The number of carboxylic acids is 1. The van der Waals surface area contributed by atoms with Gasteiger partial charge in [0.15, 0.2) is 0 Å². The van der Waals surface area contributed by atoms with Crippen molar-refractivity contribution in [2.75, 3.05) is 7.11 Å². The van der Waals surface area contributed by atoms with Crippen LogP contribution in [0.3, 0.4) is 0 Å². The minimum Gasteiger partial charge on any atom is -0.496 e. The lowest BCUT2D eigenvalue weighted by atomic mass is 10.2. The van der Waals surface area contributed by atoms with Crippen LogP contribution in [0.25, 0.3) is 0 Å². The zero-order valence-electron chi connectivity index (χ0n) is 10.9. The van der Waals surface area contributed by atoms with Crippen LogP contribution in [0.5, 0.6) is 5.75 Å². The van der Waals surface area contributed by atoms with E-state index < -0.39 is 5.97 Å². The lowest BCUT2D eigenvalue weighted by molar-refractivity contribution is 0.0701. The van der Waals surface area contributed by atoms with Crippen molar-refractivity contribution in [3.8, 4) is 5.75 Å². The van der Waals surface area contributed by atoms with Crippen LogP contribution < -0.4 is 10.1 Å². The molecule has 0 bridgehead atoms. The molecule has 106 valence electrons. The van der Waals surface area contributed by atoms with Gasteiger partial charge >= 0.3 is 5.97 Å². The summed E-state index contributed by atoms with van der Waals surface area (Å²) in [6, 6.07) is 7.28. The molecule has 2 N–H and O–H groups in total. The maximum absolute atomic E-state index is 11.0. The van der Waals surface area contributed by atoms with E-state index in [0.29, 0.717) is 28.7 Å². The van der Waals surface area contributed by atoms with Crippen molar-refractivity contribution in [2.45, 2.75) is 13.1 Å². The molecule has 0 saturated carbocycles. The number of carbonyl (C=O) groups is 1. The van der Waals surface area contributed by atoms with E-state index in [1.54, 1.807) is 18.6 Å². The van der Waals surface area contributed by atoms with Crippen LogP contribution in [-0.2, 0) is 13.1 Å².